The van der Waals surface area contributed by atoms with E-state index in [1.54, 1.807) is 23.7 Å². The fourth-order valence-corrected chi connectivity index (χ4v) is 4.24. The van der Waals surface area contributed by atoms with E-state index in [4.69, 9.17) is 0 Å². The fraction of sp³-hybridized carbons (Fsp3) is 0.308. The van der Waals surface area contributed by atoms with Crippen LogP contribution >= 0.6 is 11.3 Å². The van der Waals surface area contributed by atoms with Gasteiger partial charge in [0.15, 0.2) is 5.13 Å². The summed E-state index contributed by atoms with van der Waals surface area (Å²) in [7, 11) is 0. The Kier molecular flexibility index (Phi) is 9.08. The van der Waals surface area contributed by atoms with Crippen molar-refractivity contribution in [3.05, 3.63) is 77.1 Å². The van der Waals surface area contributed by atoms with Gasteiger partial charge in [0.05, 0.1) is 0 Å². The minimum absolute atomic E-state index is 0.0782. The summed E-state index contributed by atoms with van der Waals surface area (Å²) in [4.78, 5) is 45.0. The fourth-order valence-electron chi connectivity index (χ4n) is 3.70. The van der Waals surface area contributed by atoms with Crippen molar-refractivity contribution in [3.63, 3.8) is 0 Å². The zero-order chi connectivity index (χ0) is 25.4. The third kappa shape index (κ3) is 6.95. The average Bonchev–Trinajstić information content (AvgIpc) is 3.34. The lowest BCUT2D eigenvalue weighted by atomic mass is 9.99. The zero-order valence-electron chi connectivity index (χ0n) is 20.0. The number of benzene rings is 2. The zero-order valence-corrected chi connectivity index (χ0v) is 20.8. The molecule has 2 N–H and O–H groups in total. The van der Waals surface area contributed by atoms with Gasteiger partial charge < -0.3 is 10.6 Å². The van der Waals surface area contributed by atoms with Crippen LogP contribution in [0.15, 0.2) is 60.1 Å². The molecule has 0 fully saturated rings. The largest absolute Gasteiger partial charge is 0.352 e. The molecule has 0 aliphatic rings. The highest BCUT2D eigenvalue weighted by molar-refractivity contribution is 7.13. The Labute approximate surface area is 208 Å². The summed E-state index contributed by atoms with van der Waals surface area (Å²) in [6.45, 7) is 5.62. The van der Waals surface area contributed by atoms with Crippen LogP contribution in [0.4, 0.5) is 15.2 Å². The lowest BCUT2D eigenvalue weighted by Crippen LogP contribution is -2.46. The number of rotatable bonds is 10. The number of halogens is 1. The van der Waals surface area contributed by atoms with E-state index in [1.807, 2.05) is 32.9 Å². The molecule has 3 aromatic rings. The Hall–Kier alpha value is -3.59. The molecule has 1 atom stereocenters. The van der Waals surface area contributed by atoms with Gasteiger partial charge in [0.2, 0.25) is 17.7 Å². The van der Waals surface area contributed by atoms with Gasteiger partial charge in [-0.3, -0.25) is 19.3 Å². The van der Waals surface area contributed by atoms with Crippen LogP contribution < -0.4 is 15.5 Å². The van der Waals surface area contributed by atoms with Crippen LogP contribution in [0.5, 0.6) is 0 Å². The number of hydrogen-bond donors (Lipinski definition) is 2. The molecule has 3 amide bonds. The van der Waals surface area contributed by atoms with Crippen molar-refractivity contribution in [3.8, 4) is 0 Å². The highest BCUT2D eigenvalue weighted by atomic mass is 32.1. The molecule has 0 bridgehead atoms. The summed E-state index contributed by atoms with van der Waals surface area (Å²) in [6.07, 6.45) is 2.01. The maximum atomic E-state index is 13.7. The number of amides is 3. The van der Waals surface area contributed by atoms with Gasteiger partial charge in [-0.15, -0.1) is 11.3 Å². The van der Waals surface area contributed by atoms with Crippen LogP contribution in [0, 0.1) is 5.82 Å². The van der Waals surface area contributed by atoms with Crippen LogP contribution in [0.2, 0.25) is 0 Å². The van der Waals surface area contributed by atoms with Gasteiger partial charge in [0.1, 0.15) is 11.9 Å². The maximum Gasteiger partial charge on any atom is 0.248 e. The van der Waals surface area contributed by atoms with Gasteiger partial charge in [-0.05, 0) is 49.6 Å². The summed E-state index contributed by atoms with van der Waals surface area (Å²) < 4.78 is 13.7. The summed E-state index contributed by atoms with van der Waals surface area (Å²) in [5.74, 6) is -1.57. The SMILES string of the molecule is CCc1ccccc1N(C(=O)CCC(=O)Nc1nccs1)C(C(=O)NC(C)C)c1ccc(F)cc1. The molecule has 0 saturated carbocycles. The number of para-hydroxylation sites is 1. The first-order valence-electron chi connectivity index (χ1n) is 11.4. The lowest BCUT2D eigenvalue weighted by molar-refractivity contribution is -0.127. The third-order valence-corrected chi connectivity index (χ3v) is 5.96. The lowest BCUT2D eigenvalue weighted by Gasteiger charge is -2.33. The number of nitrogens with zero attached hydrogens (tertiary/aromatic N) is 2. The predicted octanol–water partition coefficient (Wildman–Crippen LogP) is 4.86. The van der Waals surface area contributed by atoms with Crippen molar-refractivity contribution in [2.45, 2.75) is 52.1 Å². The minimum Gasteiger partial charge on any atom is -0.352 e. The number of aromatic nitrogens is 1. The first-order chi connectivity index (χ1) is 16.8. The summed E-state index contributed by atoms with van der Waals surface area (Å²) in [5.41, 5.74) is 1.92. The Morgan fingerprint density at radius 2 is 1.77 bits per heavy atom. The molecule has 2 aromatic carbocycles. The Balaban J connectivity index is 1.98. The smallest absolute Gasteiger partial charge is 0.248 e. The van der Waals surface area contributed by atoms with E-state index in [2.05, 4.69) is 15.6 Å². The van der Waals surface area contributed by atoms with Gasteiger partial charge in [0.25, 0.3) is 0 Å². The normalized spacial score (nSPS) is 11.7. The van der Waals surface area contributed by atoms with Crippen LogP contribution in [-0.4, -0.2) is 28.7 Å². The van der Waals surface area contributed by atoms with E-state index in [9.17, 15) is 18.8 Å². The van der Waals surface area contributed by atoms with Gasteiger partial charge in [-0.2, -0.15) is 0 Å². The second kappa shape index (κ2) is 12.2. The van der Waals surface area contributed by atoms with Crippen molar-refractivity contribution >= 4 is 39.9 Å². The molecule has 0 radical (unpaired) electrons. The van der Waals surface area contributed by atoms with Crippen molar-refractivity contribution in [1.29, 1.82) is 0 Å². The first-order valence-corrected chi connectivity index (χ1v) is 12.3. The van der Waals surface area contributed by atoms with Gasteiger partial charge in [-0.1, -0.05) is 37.3 Å². The molecule has 0 aliphatic carbocycles. The second-order valence-electron chi connectivity index (χ2n) is 8.25. The van der Waals surface area contributed by atoms with Gasteiger partial charge in [-0.25, -0.2) is 9.37 Å². The van der Waals surface area contributed by atoms with E-state index in [-0.39, 0.29) is 24.8 Å². The molecular weight excluding hydrogens is 467 g/mol. The molecule has 7 nitrogen and oxygen atoms in total. The van der Waals surface area contributed by atoms with Crippen molar-refractivity contribution in [2.24, 2.45) is 0 Å². The number of anilines is 2. The highest BCUT2D eigenvalue weighted by Gasteiger charge is 2.34. The number of aryl methyl sites for hydroxylation is 1. The first kappa shape index (κ1) is 26.0. The topological polar surface area (TPSA) is 91.4 Å². The number of nitrogens with one attached hydrogen (secondary N) is 2. The molecule has 1 unspecified atom stereocenters. The summed E-state index contributed by atoms with van der Waals surface area (Å²) in [6, 6.07) is 11.7. The number of carbonyl (C=O) groups is 3. The monoisotopic (exact) mass is 496 g/mol. The second-order valence-corrected chi connectivity index (χ2v) is 9.14. The average molecular weight is 497 g/mol. The molecule has 184 valence electrons. The summed E-state index contributed by atoms with van der Waals surface area (Å²) >= 11 is 1.28. The molecule has 3 rings (SSSR count). The molecule has 0 spiro atoms. The number of hydrogen-bond acceptors (Lipinski definition) is 5. The molecular formula is C26H29FN4O3S. The Morgan fingerprint density at radius 1 is 1.06 bits per heavy atom. The predicted molar refractivity (Wildman–Crippen MR) is 136 cm³/mol. The molecule has 9 heteroatoms. The Bertz CT molecular complexity index is 1150. The highest BCUT2D eigenvalue weighted by Crippen LogP contribution is 2.32. The van der Waals surface area contributed by atoms with Gasteiger partial charge >= 0.3 is 0 Å². The van der Waals surface area contributed by atoms with Crippen LogP contribution in [0.1, 0.15) is 50.8 Å². The van der Waals surface area contributed by atoms with E-state index >= 15 is 0 Å². The van der Waals surface area contributed by atoms with E-state index in [0.29, 0.717) is 22.8 Å². The van der Waals surface area contributed by atoms with E-state index < -0.39 is 23.7 Å². The minimum atomic E-state index is -1.04. The van der Waals surface area contributed by atoms with Crippen LogP contribution in [-0.2, 0) is 20.8 Å². The number of thiazole rings is 1. The molecule has 0 saturated heterocycles. The Morgan fingerprint density at radius 3 is 2.40 bits per heavy atom. The summed E-state index contributed by atoms with van der Waals surface area (Å²) in [5, 5.41) is 7.75. The van der Waals surface area contributed by atoms with Crippen molar-refractivity contribution in [2.75, 3.05) is 10.2 Å². The molecule has 0 aliphatic heterocycles. The van der Waals surface area contributed by atoms with E-state index in [1.165, 1.54) is 40.5 Å². The van der Waals surface area contributed by atoms with E-state index in [0.717, 1.165) is 5.56 Å². The van der Waals surface area contributed by atoms with Crippen molar-refractivity contribution < 1.29 is 18.8 Å². The van der Waals surface area contributed by atoms with Crippen molar-refractivity contribution in [1.82, 2.24) is 10.3 Å². The molecule has 35 heavy (non-hydrogen) atoms. The third-order valence-electron chi connectivity index (χ3n) is 5.27. The van der Waals surface area contributed by atoms with Gasteiger partial charge in [0, 0.05) is 36.1 Å². The maximum absolute atomic E-state index is 13.7. The molecule has 1 aromatic heterocycles. The van der Waals surface area contributed by atoms with Crippen LogP contribution in [0.25, 0.3) is 0 Å². The van der Waals surface area contributed by atoms with Crippen LogP contribution in [0.3, 0.4) is 0 Å². The number of carbonyl (C=O) groups excluding carboxylic acids is 3. The molecule has 1 heterocycles. The standard InChI is InChI=1S/C26H29FN4O3S/c1-4-18-7-5-6-8-21(18)31(23(33)14-13-22(32)30-26-28-15-16-35-26)24(25(34)29-17(2)3)19-9-11-20(27)12-10-19/h5-12,15-17,24H,4,13-14H2,1-3H3,(H,29,34)(H,28,30,32). The quantitative estimate of drug-likeness (QED) is 0.419.